The summed E-state index contributed by atoms with van der Waals surface area (Å²) in [5.41, 5.74) is 2.47. The zero-order valence-corrected chi connectivity index (χ0v) is 15.3. The molecule has 0 fully saturated rings. The Balaban J connectivity index is 1.55. The summed E-state index contributed by atoms with van der Waals surface area (Å²) in [6, 6.07) is 15.1. The molecular weight excluding hydrogens is 360 g/mol. The van der Waals surface area contributed by atoms with Gasteiger partial charge in [0.05, 0.1) is 12.0 Å². The average Bonchev–Trinajstić information content (AvgIpc) is 3.41. The number of thiazole rings is 1. The van der Waals surface area contributed by atoms with Crippen LogP contribution in [0, 0.1) is 6.92 Å². The number of anilines is 1. The van der Waals surface area contributed by atoms with Crippen LogP contribution in [0.25, 0.3) is 22.7 Å². The quantitative estimate of drug-likeness (QED) is 0.519. The molecule has 1 aromatic carbocycles. The van der Waals surface area contributed by atoms with Gasteiger partial charge in [0.15, 0.2) is 5.76 Å². The minimum absolute atomic E-state index is 0.234. The molecule has 0 saturated heterocycles. The van der Waals surface area contributed by atoms with E-state index in [1.807, 2.05) is 60.8 Å². The lowest BCUT2D eigenvalue weighted by molar-refractivity contribution is -0.111. The number of hydrogen-bond acceptors (Lipinski definition) is 5. The second-order valence-corrected chi connectivity index (χ2v) is 6.65. The fraction of sp³-hybridized carbons (Fsp3) is 0.0500. The van der Waals surface area contributed by atoms with Crippen molar-refractivity contribution in [2.75, 3.05) is 5.32 Å². The van der Waals surface area contributed by atoms with Crippen molar-refractivity contribution in [2.45, 2.75) is 6.92 Å². The lowest BCUT2D eigenvalue weighted by atomic mass is 10.2. The number of aryl methyl sites for hydroxylation is 1. The van der Waals surface area contributed by atoms with Gasteiger partial charge in [-0.2, -0.15) is 9.78 Å². The average molecular weight is 376 g/mol. The van der Waals surface area contributed by atoms with Crippen molar-refractivity contribution in [3.63, 3.8) is 0 Å². The predicted octanol–water partition coefficient (Wildman–Crippen LogP) is 4.55. The van der Waals surface area contributed by atoms with Gasteiger partial charge in [0.2, 0.25) is 11.0 Å². The van der Waals surface area contributed by atoms with E-state index >= 15 is 0 Å². The largest absolute Gasteiger partial charge is 0.463 e. The summed E-state index contributed by atoms with van der Waals surface area (Å²) < 4.78 is 7.00. The minimum atomic E-state index is -0.234. The van der Waals surface area contributed by atoms with Crippen LogP contribution in [-0.4, -0.2) is 20.7 Å². The van der Waals surface area contributed by atoms with Crippen molar-refractivity contribution < 1.29 is 9.21 Å². The molecule has 4 rings (SSSR count). The highest BCUT2D eigenvalue weighted by Crippen LogP contribution is 2.26. The first-order valence-corrected chi connectivity index (χ1v) is 9.17. The maximum absolute atomic E-state index is 12.3. The van der Waals surface area contributed by atoms with Crippen LogP contribution in [-0.2, 0) is 4.79 Å². The molecule has 3 heterocycles. The van der Waals surface area contributed by atoms with Crippen LogP contribution < -0.4 is 5.32 Å². The molecule has 0 aliphatic carbocycles. The fourth-order valence-electron chi connectivity index (χ4n) is 2.54. The van der Waals surface area contributed by atoms with Gasteiger partial charge in [0, 0.05) is 17.5 Å². The molecule has 0 unspecified atom stereocenters. The number of amides is 1. The molecule has 27 heavy (non-hydrogen) atoms. The van der Waals surface area contributed by atoms with Crippen molar-refractivity contribution in [3.8, 4) is 16.6 Å². The molecule has 4 aromatic rings. The molecule has 3 aromatic heterocycles. The fourth-order valence-corrected chi connectivity index (χ4v) is 3.31. The first kappa shape index (κ1) is 17.0. The topological polar surface area (TPSA) is 73.0 Å². The summed E-state index contributed by atoms with van der Waals surface area (Å²) in [6.07, 6.45) is 4.87. The molecule has 0 aliphatic rings. The summed E-state index contributed by atoms with van der Waals surface area (Å²) in [4.78, 5) is 16.9. The highest BCUT2D eigenvalue weighted by atomic mass is 32.1. The van der Waals surface area contributed by atoms with E-state index in [0.717, 1.165) is 17.0 Å². The lowest BCUT2D eigenvalue weighted by Gasteiger charge is -2.04. The van der Waals surface area contributed by atoms with Crippen LogP contribution in [0.1, 0.15) is 11.3 Å². The molecule has 0 spiro atoms. The third kappa shape index (κ3) is 3.88. The Labute approximate surface area is 159 Å². The maximum Gasteiger partial charge on any atom is 0.249 e. The number of furan rings is 1. The van der Waals surface area contributed by atoms with Crippen LogP contribution in [0.5, 0.6) is 0 Å². The van der Waals surface area contributed by atoms with Crippen LogP contribution in [0.2, 0.25) is 0 Å². The molecule has 1 N–H and O–H groups in total. The van der Waals surface area contributed by atoms with Crippen LogP contribution in [0.3, 0.4) is 0 Å². The molecule has 1 amide bonds. The van der Waals surface area contributed by atoms with Gasteiger partial charge in [-0.1, -0.05) is 30.3 Å². The van der Waals surface area contributed by atoms with Crippen LogP contribution in [0.15, 0.2) is 70.7 Å². The monoisotopic (exact) mass is 376 g/mol. The van der Waals surface area contributed by atoms with E-state index < -0.39 is 0 Å². The van der Waals surface area contributed by atoms with Crippen molar-refractivity contribution in [2.24, 2.45) is 0 Å². The van der Waals surface area contributed by atoms with Crippen molar-refractivity contribution >= 4 is 29.1 Å². The highest BCUT2D eigenvalue weighted by Gasteiger charge is 2.14. The SMILES string of the molecule is Cc1cc(NC(=O)/C=C\c2ccccc2)n(-c2nc(-c3ccco3)cs2)n1. The minimum Gasteiger partial charge on any atom is -0.463 e. The summed E-state index contributed by atoms with van der Waals surface area (Å²) in [6.45, 7) is 1.87. The number of nitrogens with one attached hydrogen (secondary N) is 1. The molecule has 0 saturated carbocycles. The molecule has 0 bridgehead atoms. The van der Waals surface area contributed by atoms with Gasteiger partial charge in [0.1, 0.15) is 11.5 Å². The van der Waals surface area contributed by atoms with Gasteiger partial charge >= 0.3 is 0 Å². The van der Waals surface area contributed by atoms with Gasteiger partial charge in [-0.25, -0.2) is 4.98 Å². The zero-order valence-electron chi connectivity index (χ0n) is 14.5. The second-order valence-electron chi connectivity index (χ2n) is 5.81. The third-order valence-corrected chi connectivity index (χ3v) is 4.57. The second kappa shape index (κ2) is 7.43. The molecule has 6 nitrogen and oxygen atoms in total. The van der Waals surface area contributed by atoms with Gasteiger partial charge in [-0.15, -0.1) is 11.3 Å². The van der Waals surface area contributed by atoms with Crippen LogP contribution in [0.4, 0.5) is 5.82 Å². The van der Waals surface area contributed by atoms with E-state index in [0.29, 0.717) is 16.7 Å². The Hall–Kier alpha value is -3.45. The van der Waals surface area contributed by atoms with Gasteiger partial charge in [-0.3, -0.25) is 4.79 Å². The molecule has 0 aliphatic heterocycles. The van der Waals surface area contributed by atoms with Gasteiger partial charge in [-0.05, 0) is 30.7 Å². The van der Waals surface area contributed by atoms with E-state index in [9.17, 15) is 4.79 Å². The molecule has 7 heteroatoms. The Morgan fingerprint density at radius 1 is 1.22 bits per heavy atom. The smallest absolute Gasteiger partial charge is 0.249 e. The lowest BCUT2D eigenvalue weighted by Crippen LogP contribution is -2.12. The molecular formula is C20H16N4O2S. The third-order valence-electron chi connectivity index (χ3n) is 3.76. The number of carbonyl (C=O) groups excluding carboxylic acids is 1. The van der Waals surface area contributed by atoms with Gasteiger partial charge < -0.3 is 9.73 Å². The Bertz CT molecular complexity index is 1080. The summed E-state index contributed by atoms with van der Waals surface area (Å²) in [5, 5.41) is 9.85. The maximum atomic E-state index is 12.3. The van der Waals surface area contributed by atoms with E-state index in [-0.39, 0.29) is 5.91 Å². The highest BCUT2D eigenvalue weighted by molar-refractivity contribution is 7.12. The number of nitrogens with zero attached hydrogens (tertiary/aromatic N) is 3. The molecule has 134 valence electrons. The van der Waals surface area contributed by atoms with Crippen molar-refractivity contribution in [1.29, 1.82) is 0 Å². The standard InChI is InChI=1S/C20H16N4O2S/c1-14-12-18(22-19(25)10-9-15-6-3-2-4-7-15)24(23-14)20-21-16(13-27-20)17-8-5-11-26-17/h2-13H,1H3,(H,22,25)/b10-9-. The Morgan fingerprint density at radius 2 is 2.07 bits per heavy atom. The van der Waals surface area contributed by atoms with E-state index in [4.69, 9.17) is 4.42 Å². The number of rotatable bonds is 5. The Morgan fingerprint density at radius 3 is 2.85 bits per heavy atom. The summed E-state index contributed by atoms with van der Waals surface area (Å²) >= 11 is 1.43. The number of hydrogen-bond donors (Lipinski definition) is 1. The normalized spacial score (nSPS) is 11.1. The molecule has 0 radical (unpaired) electrons. The number of aromatic nitrogens is 3. The Kier molecular flexibility index (Phi) is 4.67. The predicted molar refractivity (Wildman–Crippen MR) is 106 cm³/mol. The first-order chi connectivity index (χ1) is 13.2. The van der Waals surface area contributed by atoms with Crippen molar-refractivity contribution in [1.82, 2.24) is 14.8 Å². The molecule has 0 atom stereocenters. The number of carbonyl (C=O) groups is 1. The van der Waals surface area contributed by atoms with Gasteiger partial charge in [0.25, 0.3) is 0 Å². The van der Waals surface area contributed by atoms with Crippen molar-refractivity contribution in [3.05, 3.63) is 77.5 Å². The zero-order chi connectivity index (χ0) is 18.6. The van der Waals surface area contributed by atoms with E-state index in [1.54, 1.807) is 17.0 Å². The first-order valence-electron chi connectivity index (χ1n) is 8.29. The van der Waals surface area contributed by atoms with E-state index in [2.05, 4.69) is 15.4 Å². The number of benzene rings is 1. The summed E-state index contributed by atoms with van der Waals surface area (Å²) in [7, 11) is 0. The summed E-state index contributed by atoms with van der Waals surface area (Å²) in [5.74, 6) is 1.02. The van der Waals surface area contributed by atoms with E-state index in [1.165, 1.54) is 17.4 Å². The van der Waals surface area contributed by atoms with Crippen LogP contribution >= 0.6 is 11.3 Å².